The Bertz CT molecular complexity index is 993. The molecule has 2 heterocycles. The zero-order chi connectivity index (χ0) is 16.5. The average Bonchev–Trinajstić information content (AvgIpc) is 3.21. The summed E-state index contributed by atoms with van der Waals surface area (Å²) >= 11 is 0. The van der Waals surface area contributed by atoms with E-state index in [1.165, 1.54) is 24.3 Å². The number of hydrogen-bond acceptors (Lipinski definition) is 6. The fourth-order valence-corrected chi connectivity index (χ4v) is 2.28. The second-order valence-corrected chi connectivity index (χ2v) is 5.17. The summed E-state index contributed by atoms with van der Waals surface area (Å²) in [4.78, 5) is 4.31. The SMILES string of the molecule is Cn1nnc2ccc(-c3noc(COc4ccc(F)cc4)n3)cc21. The molecule has 0 spiro atoms. The van der Waals surface area contributed by atoms with Gasteiger partial charge in [0.05, 0.1) is 5.52 Å². The Morgan fingerprint density at radius 1 is 1.17 bits per heavy atom. The fourth-order valence-electron chi connectivity index (χ4n) is 2.28. The lowest BCUT2D eigenvalue weighted by molar-refractivity contribution is 0.242. The van der Waals surface area contributed by atoms with Crippen molar-refractivity contribution >= 4 is 11.0 Å². The summed E-state index contributed by atoms with van der Waals surface area (Å²) in [7, 11) is 1.82. The summed E-state index contributed by atoms with van der Waals surface area (Å²) in [5.74, 6) is 0.995. The van der Waals surface area contributed by atoms with Crippen molar-refractivity contribution in [3.63, 3.8) is 0 Å². The van der Waals surface area contributed by atoms with Gasteiger partial charge in [-0.05, 0) is 42.5 Å². The van der Waals surface area contributed by atoms with Crippen molar-refractivity contribution in [1.82, 2.24) is 25.1 Å². The van der Waals surface area contributed by atoms with Crippen molar-refractivity contribution in [2.75, 3.05) is 0 Å². The number of aromatic nitrogens is 5. The van der Waals surface area contributed by atoms with Crippen LogP contribution in [-0.4, -0.2) is 25.1 Å². The van der Waals surface area contributed by atoms with Crippen LogP contribution in [0.5, 0.6) is 5.75 Å². The van der Waals surface area contributed by atoms with E-state index >= 15 is 0 Å². The van der Waals surface area contributed by atoms with Gasteiger partial charge in [0.25, 0.3) is 5.89 Å². The third-order valence-corrected chi connectivity index (χ3v) is 3.51. The molecule has 0 saturated carbocycles. The molecule has 0 saturated heterocycles. The summed E-state index contributed by atoms with van der Waals surface area (Å²) in [6.07, 6.45) is 0. The van der Waals surface area contributed by atoms with Crippen molar-refractivity contribution in [3.05, 3.63) is 54.2 Å². The number of hydrogen-bond donors (Lipinski definition) is 0. The monoisotopic (exact) mass is 325 g/mol. The quantitative estimate of drug-likeness (QED) is 0.574. The van der Waals surface area contributed by atoms with Gasteiger partial charge < -0.3 is 9.26 Å². The van der Waals surface area contributed by atoms with Crippen LogP contribution in [0.25, 0.3) is 22.4 Å². The minimum atomic E-state index is -0.317. The first kappa shape index (κ1) is 14.3. The number of benzene rings is 2. The van der Waals surface area contributed by atoms with Crippen LogP contribution in [0.3, 0.4) is 0 Å². The van der Waals surface area contributed by atoms with Crippen LogP contribution in [0, 0.1) is 5.82 Å². The van der Waals surface area contributed by atoms with Gasteiger partial charge in [-0.3, -0.25) is 0 Å². The molecule has 0 atom stereocenters. The fraction of sp³-hybridized carbons (Fsp3) is 0.125. The van der Waals surface area contributed by atoms with Gasteiger partial charge in [-0.25, -0.2) is 9.07 Å². The summed E-state index contributed by atoms with van der Waals surface area (Å²) < 4.78 is 25.2. The van der Waals surface area contributed by atoms with Gasteiger partial charge in [0.15, 0.2) is 6.61 Å². The number of fused-ring (bicyclic) bond motifs is 1. The summed E-state index contributed by atoms with van der Waals surface area (Å²) in [5, 5.41) is 11.9. The molecule has 4 rings (SSSR count). The Kier molecular flexibility index (Phi) is 3.42. The Labute approximate surface area is 135 Å². The molecule has 24 heavy (non-hydrogen) atoms. The second-order valence-electron chi connectivity index (χ2n) is 5.17. The number of halogens is 1. The molecule has 0 aliphatic heterocycles. The maximum absolute atomic E-state index is 12.8. The van der Waals surface area contributed by atoms with Crippen LogP contribution in [0.4, 0.5) is 4.39 Å². The summed E-state index contributed by atoms with van der Waals surface area (Å²) in [5.41, 5.74) is 2.47. The first-order chi connectivity index (χ1) is 11.7. The lowest BCUT2D eigenvalue weighted by Gasteiger charge is -2.01. The van der Waals surface area contributed by atoms with E-state index in [2.05, 4.69) is 20.5 Å². The smallest absolute Gasteiger partial charge is 0.264 e. The number of nitrogens with zero attached hydrogens (tertiary/aromatic N) is 5. The van der Waals surface area contributed by atoms with E-state index in [0.29, 0.717) is 17.5 Å². The molecule has 2 aromatic carbocycles. The Balaban J connectivity index is 1.52. The van der Waals surface area contributed by atoms with Crippen LogP contribution in [-0.2, 0) is 13.7 Å². The third-order valence-electron chi connectivity index (χ3n) is 3.51. The van der Waals surface area contributed by atoms with Crippen molar-refractivity contribution < 1.29 is 13.7 Å². The van der Waals surface area contributed by atoms with Gasteiger partial charge in [0, 0.05) is 12.6 Å². The van der Waals surface area contributed by atoms with E-state index in [4.69, 9.17) is 9.26 Å². The van der Waals surface area contributed by atoms with Crippen LogP contribution in [0.2, 0.25) is 0 Å². The normalized spacial score (nSPS) is 11.1. The zero-order valence-corrected chi connectivity index (χ0v) is 12.7. The molecular formula is C16H12FN5O2. The molecule has 7 nitrogen and oxygen atoms in total. The van der Waals surface area contributed by atoms with E-state index in [-0.39, 0.29) is 12.4 Å². The molecule has 0 fully saturated rings. The van der Waals surface area contributed by atoms with E-state index in [1.807, 2.05) is 25.2 Å². The number of ether oxygens (including phenoxy) is 1. The molecule has 0 N–H and O–H groups in total. The van der Waals surface area contributed by atoms with Gasteiger partial charge in [0.2, 0.25) is 5.82 Å². The van der Waals surface area contributed by atoms with Gasteiger partial charge in [-0.15, -0.1) is 5.10 Å². The second kappa shape index (κ2) is 5.73. The Morgan fingerprint density at radius 2 is 2.00 bits per heavy atom. The molecular weight excluding hydrogens is 313 g/mol. The largest absolute Gasteiger partial charge is 0.484 e. The van der Waals surface area contributed by atoms with Gasteiger partial charge in [-0.1, -0.05) is 10.4 Å². The first-order valence-electron chi connectivity index (χ1n) is 7.20. The molecule has 8 heteroatoms. The topological polar surface area (TPSA) is 78.9 Å². The van der Waals surface area contributed by atoms with Crippen molar-refractivity contribution in [2.45, 2.75) is 6.61 Å². The minimum Gasteiger partial charge on any atom is -0.484 e. The van der Waals surface area contributed by atoms with Gasteiger partial charge in [0.1, 0.15) is 17.1 Å². The standard InChI is InChI=1S/C16H12FN5O2/c1-22-14-8-10(2-7-13(14)19-21-22)16-18-15(24-20-16)9-23-12-5-3-11(17)4-6-12/h2-8H,9H2,1H3. The highest BCUT2D eigenvalue weighted by Gasteiger charge is 2.11. The highest BCUT2D eigenvalue weighted by Crippen LogP contribution is 2.21. The summed E-state index contributed by atoms with van der Waals surface area (Å²) in [6, 6.07) is 11.3. The van der Waals surface area contributed by atoms with Gasteiger partial charge in [-0.2, -0.15) is 4.98 Å². The van der Waals surface area contributed by atoms with Gasteiger partial charge >= 0.3 is 0 Å². The Morgan fingerprint density at radius 3 is 2.83 bits per heavy atom. The molecule has 120 valence electrons. The third kappa shape index (κ3) is 2.69. The van der Waals surface area contributed by atoms with E-state index in [1.54, 1.807) is 4.68 Å². The minimum absolute atomic E-state index is 0.105. The number of rotatable bonds is 4. The first-order valence-corrected chi connectivity index (χ1v) is 7.20. The lowest BCUT2D eigenvalue weighted by Crippen LogP contribution is -1.95. The molecule has 4 aromatic rings. The molecule has 0 radical (unpaired) electrons. The van der Waals surface area contributed by atoms with E-state index < -0.39 is 0 Å². The average molecular weight is 325 g/mol. The highest BCUT2D eigenvalue weighted by atomic mass is 19.1. The molecule has 0 amide bonds. The molecule has 0 aliphatic rings. The van der Waals surface area contributed by atoms with Crippen LogP contribution in [0.15, 0.2) is 47.0 Å². The lowest BCUT2D eigenvalue weighted by atomic mass is 10.2. The maximum atomic E-state index is 12.8. The van der Waals surface area contributed by atoms with Crippen molar-refractivity contribution in [1.29, 1.82) is 0 Å². The van der Waals surface area contributed by atoms with Crippen LogP contribution in [0.1, 0.15) is 5.89 Å². The Hall–Kier alpha value is -3.29. The van der Waals surface area contributed by atoms with E-state index in [9.17, 15) is 4.39 Å². The van der Waals surface area contributed by atoms with E-state index in [0.717, 1.165) is 16.6 Å². The molecule has 0 bridgehead atoms. The van der Waals surface area contributed by atoms with Crippen molar-refractivity contribution in [3.8, 4) is 17.1 Å². The van der Waals surface area contributed by atoms with Crippen LogP contribution >= 0.6 is 0 Å². The zero-order valence-electron chi connectivity index (χ0n) is 12.7. The van der Waals surface area contributed by atoms with Crippen molar-refractivity contribution in [2.24, 2.45) is 7.05 Å². The molecule has 0 aliphatic carbocycles. The maximum Gasteiger partial charge on any atom is 0.264 e. The summed E-state index contributed by atoms with van der Waals surface area (Å²) in [6.45, 7) is 0.105. The molecule has 2 aromatic heterocycles. The number of aryl methyl sites for hydroxylation is 1. The molecule has 0 unspecified atom stereocenters. The highest BCUT2D eigenvalue weighted by molar-refractivity contribution is 5.79. The predicted octanol–water partition coefficient (Wildman–Crippen LogP) is 2.74. The predicted molar refractivity (Wildman–Crippen MR) is 82.5 cm³/mol. The van der Waals surface area contributed by atoms with Crippen LogP contribution < -0.4 is 4.74 Å².